The van der Waals surface area contributed by atoms with Gasteiger partial charge in [0.1, 0.15) is 0 Å². The minimum atomic E-state index is -4.13. The zero-order valence-electron chi connectivity index (χ0n) is 23.3. The van der Waals surface area contributed by atoms with Gasteiger partial charge in [-0.3, -0.25) is 9.59 Å². The predicted molar refractivity (Wildman–Crippen MR) is 150 cm³/mol. The summed E-state index contributed by atoms with van der Waals surface area (Å²) in [4.78, 5) is 35.9. The number of aliphatic hydroxyl groups is 1. The fourth-order valence-corrected chi connectivity index (χ4v) is 8.50. The second kappa shape index (κ2) is 12.7. The molecule has 4 N–H and O–H groups in total. The van der Waals surface area contributed by atoms with Crippen LogP contribution in [-0.2, 0) is 19.4 Å². The van der Waals surface area contributed by atoms with Crippen LogP contribution < -0.4 is 16.0 Å². The number of carbonyl (C=O) groups excluding carboxylic acids is 3. The van der Waals surface area contributed by atoms with Crippen molar-refractivity contribution in [2.45, 2.75) is 48.4 Å². The largest absolute Gasteiger partial charge is 0.453 e. The molecule has 2 aromatic carbocycles. The van der Waals surface area contributed by atoms with Crippen LogP contribution in [-0.4, -0.2) is 62.5 Å². The Morgan fingerprint density at radius 3 is 2.37 bits per heavy atom. The first kappa shape index (κ1) is 32.6. The number of anilines is 1. The fourth-order valence-electron chi connectivity index (χ4n) is 6.13. The molecule has 0 spiro atoms. The van der Waals surface area contributed by atoms with Gasteiger partial charge in [-0.2, -0.15) is 0 Å². The molecular weight excluding hydrogens is 615 g/mol. The zero-order chi connectivity index (χ0) is 31.7. The van der Waals surface area contributed by atoms with E-state index in [9.17, 15) is 41.1 Å². The molecule has 0 aromatic heterocycles. The lowest BCUT2D eigenvalue weighted by Gasteiger charge is -2.43. The van der Waals surface area contributed by atoms with Crippen LogP contribution in [0.15, 0.2) is 35.2 Å². The molecule has 0 aliphatic heterocycles. The van der Waals surface area contributed by atoms with Crippen LogP contribution in [0.4, 0.5) is 23.7 Å². The molecule has 2 aliphatic carbocycles. The van der Waals surface area contributed by atoms with Gasteiger partial charge >= 0.3 is 6.09 Å². The van der Waals surface area contributed by atoms with Crippen LogP contribution in [0, 0.1) is 35.2 Å². The summed E-state index contributed by atoms with van der Waals surface area (Å²) in [6.45, 7) is 1.86. The third kappa shape index (κ3) is 6.75. The number of carbonyl (C=O) groups is 3. The van der Waals surface area contributed by atoms with Gasteiger partial charge in [-0.05, 0) is 55.2 Å². The lowest BCUT2D eigenvalue weighted by molar-refractivity contribution is -0.124. The molecule has 2 saturated carbocycles. The summed E-state index contributed by atoms with van der Waals surface area (Å²) in [7, 11) is -2.93. The normalized spacial score (nSPS) is 24.7. The van der Waals surface area contributed by atoms with Crippen LogP contribution >= 0.6 is 11.6 Å². The van der Waals surface area contributed by atoms with Gasteiger partial charge in [0.05, 0.1) is 27.9 Å². The molecule has 2 aromatic rings. The van der Waals surface area contributed by atoms with Crippen molar-refractivity contribution in [1.29, 1.82) is 0 Å². The predicted octanol–water partition coefficient (Wildman–Crippen LogP) is 3.81. The Hall–Kier alpha value is -3.36. The summed E-state index contributed by atoms with van der Waals surface area (Å²) in [5.74, 6) is -6.98. The number of amides is 3. The minimum absolute atomic E-state index is 0.0377. The molecule has 3 amide bonds. The molecule has 234 valence electrons. The monoisotopic (exact) mass is 645 g/mol. The van der Waals surface area contributed by atoms with E-state index >= 15 is 0 Å². The van der Waals surface area contributed by atoms with E-state index < -0.39 is 67.9 Å². The number of hydrogen-bond donors (Lipinski definition) is 4. The summed E-state index contributed by atoms with van der Waals surface area (Å²) in [6, 6.07) is 4.70. The Morgan fingerprint density at radius 1 is 1.07 bits per heavy atom. The molecule has 2 fully saturated rings. The van der Waals surface area contributed by atoms with E-state index in [0.717, 1.165) is 6.07 Å². The van der Waals surface area contributed by atoms with Crippen molar-refractivity contribution < 1.29 is 45.8 Å². The van der Waals surface area contributed by atoms with Gasteiger partial charge in [0.2, 0.25) is 5.91 Å². The van der Waals surface area contributed by atoms with Crippen molar-refractivity contribution >= 4 is 45.0 Å². The fraction of sp³-hybridized carbons (Fsp3) is 0.464. The number of fused-ring (bicyclic) bond motifs is 2. The summed E-state index contributed by atoms with van der Waals surface area (Å²) in [5, 5.41) is 17.8. The average molecular weight is 646 g/mol. The van der Waals surface area contributed by atoms with E-state index in [4.69, 9.17) is 11.6 Å². The summed E-state index contributed by atoms with van der Waals surface area (Å²) in [6.07, 6.45) is -0.0193. The molecule has 10 nitrogen and oxygen atoms in total. The van der Waals surface area contributed by atoms with Gasteiger partial charge < -0.3 is 25.8 Å². The van der Waals surface area contributed by atoms with Crippen LogP contribution in [0.25, 0.3) is 0 Å². The molecule has 4 rings (SSSR count). The lowest BCUT2D eigenvalue weighted by atomic mass is 9.73. The first-order valence-electron chi connectivity index (χ1n) is 13.5. The van der Waals surface area contributed by atoms with Gasteiger partial charge in [-0.25, -0.2) is 26.4 Å². The molecule has 2 unspecified atom stereocenters. The van der Waals surface area contributed by atoms with E-state index in [1.807, 2.05) is 6.92 Å². The molecule has 0 radical (unpaired) electrons. The number of nitrogens with one attached hydrogen (secondary N) is 3. The first-order chi connectivity index (χ1) is 20.2. The first-order valence-corrected chi connectivity index (χ1v) is 15.4. The Kier molecular flexibility index (Phi) is 9.62. The van der Waals surface area contributed by atoms with Crippen LogP contribution in [0.5, 0.6) is 0 Å². The van der Waals surface area contributed by atoms with E-state index in [2.05, 4.69) is 20.7 Å². The number of ether oxygens (including phenoxy) is 1. The molecule has 43 heavy (non-hydrogen) atoms. The topological polar surface area (TPSA) is 151 Å². The van der Waals surface area contributed by atoms with Crippen molar-refractivity contribution in [3.8, 4) is 0 Å². The van der Waals surface area contributed by atoms with Gasteiger partial charge in [-0.1, -0.05) is 18.5 Å². The highest BCUT2D eigenvalue weighted by atomic mass is 35.5. The number of rotatable bonds is 9. The zero-order valence-corrected chi connectivity index (χ0v) is 24.8. The summed E-state index contributed by atoms with van der Waals surface area (Å²) >= 11 is 6.27. The summed E-state index contributed by atoms with van der Waals surface area (Å²) < 4.78 is 72.5. The number of benzene rings is 2. The third-order valence-corrected chi connectivity index (χ3v) is 11.0. The highest BCUT2D eigenvalue weighted by Crippen LogP contribution is 2.54. The van der Waals surface area contributed by atoms with E-state index in [1.54, 1.807) is 0 Å². The quantitative estimate of drug-likeness (QED) is 0.303. The molecule has 15 heteroatoms. The standard InChI is InChI=1S/C28H31ClF3N3O7S/c1-14-7-16-9-18(12-19(14)28(16,39)13-34-24(36)5-6-33-27(38)42-2)43(40,41)23-8-15(3-4-20(23)29)26(37)35-17-10-21(30)25(32)22(31)11-17/h3-4,8,10-11,14,16,18-19,39H,5-7,9,12-13H2,1-2H3,(H,33,38)(H,34,36)(H,35,37)/t14-,16?,18+,19?,28+/m0/s1. The van der Waals surface area contributed by atoms with Crippen molar-refractivity contribution in [1.82, 2.24) is 10.6 Å². The Morgan fingerprint density at radius 2 is 1.74 bits per heavy atom. The second-order valence-electron chi connectivity index (χ2n) is 10.9. The maximum Gasteiger partial charge on any atom is 0.406 e. The van der Waals surface area contributed by atoms with E-state index in [-0.39, 0.29) is 59.4 Å². The smallest absolute Gasteiger partial charge is 0.406 e. The highest BCUT2D eigenvalue weighted by Gasteiger charge is 2.58. The molecule has 0 heterocycles. The lowest BCUT2D eigenvalue weighted by Crippen LogP contribution is -2.55. The van der Waals surface area contributed by atoms with Gasteiger partial charge in [-0.15, -0.1) is 0 Å². The van der Waals surface area contributed by atoms with Gasteiger partial charge in [0, 0.05) is 42.9 Å². The molecule has 5 atom stereocenters. The van der Waals surface area contributed by atoms with Crippen molar-refractivity contribution in [2.24, 2.45) is 17.8 Å². The number of halogens is 4. The van der Waals surface area contributed by atoms with Crippen LogP contribution in [0.3, 0.4) is 0 Å². The maximum absolute atomic E-state index is 13.8. The number of methoxy groups -OCH3 is 1. The Balaban J connectivity index is 1.48. The minimum Gasteiger partial charge on any atom is -0.453 e. The highest BCUT2D eigenvalue weighted by molar-refractivity contribution is 7.92. The number of hydrogen-bond acceptors (Lipinski definition) is 7. The number of alkyl carbamates (subject to hydrolysis) is 1. The average Bonchev–Trinajstić information content (AvgIpc) is 3.06. The molecular formula is C28H31ClF3N3O7S. The number of sulfone groups is 1. The van der Waals surface area contributed by atoms with Crippen LogP contribution in [0.1, 0.15) is 43.0 Å². The van der Waals surface area contributed by atoms with Crippen molar-refractivity contribution in [2.75, 3.05) is 25.5 Å². The van der Waals surface area contributed by atoms with Gasteiger partial charge in [0.25, 0.3) is 5.91 Å². The summed E-state index contributed by atoms with van der Waals surface area (Å²) in [5.41, 5.74) is -1.88. The van der Waals surface area contributed by atoms with Crippen molar-refractivity contribution in [3.05, 3.63) is 58.4 Å². The van der Waals surface area contributed by atoms with Gasteiger partial charge in [0.15, 0.2) is 27.3 Å². The van der Waals surface area contributed by atoms with Crippen LogP contribution in [0.2, 0.25) is 5.02 Å². The van der Waals surface area contributed by atoms with E-state index in [1.165, 1.54) is 19.2 Å². The Bertz CT molecular complexity index is 1520. The van der Waals surface area contributed by atoms with Crippen molar-refractivity contribution in [3.63, 3.8) is 0 Å². The molecule has 0 saturated heterocycles. The SMILES string of the molecule is COC(=O)NCCC(=O)NC[C@@]1(O)C2C[C@@H](S(=O)(=O)c3cc(C(=O)Nc4cc(F)c(F)c(F)c4)ccc3Cl)CC1[C@@H](C)C2. The molecule has 2 bridgehead atoms. The maximum atomic E-state index is 13.8. The second-order valence-corrected chi connectivity index (χ2v) is 13.5. The third-order valence-electron chi connectivity index (χ3n) is 8.31. The van der Waals surface area contributed by atoms with E-state index in [0.29, 0.717) is 18.6 Å². The molecule has 2 aliphatic rings. The Labute approximate surface area is 251 Å².